The third kappa shape index (κ3) is 2.93. The maximum absolute atomic E-state index is 13.6. The maximum atomic E-state index is 13.6. The zero-order valence-corrected chi connectivity index (χ0v) is 10.2. The van der Waals surface area contributed by atoms with Crippen molar-refractivity contribution in [2.24, 2.45) is 5.84 Å². The van der Waals surface area contributed by atoms with Crippen molar-refractivity contribution in [3.8, 4) is 0 Å². The summed E-state index contributed by atoms with van der Waals surface area (Å²) in [5.74, 6) is 4.60. The van der Waals surface area contributed by atoms with Gasteiger partial charge in [0.1, 0.15) is 0 Å². The molecule has 2 nitrogen and oxygen atoms in total. The molecule has 0 spiro atoms. The molecule has 16 heavy (non-hydrogen) atoms. The smallest absolute Gasteiger partial charge is 0.163 e. The van der Waals surface area contributed by atoms with E-state index in [1.807, 2.05) is 6.26 Å². The highest BCUT2D eigenvalue weighted by Gasteiger charge is 2.18. The van der Waals surface area contributed by atoms with Crippen molar-refractivity contribution in [2.75, 3.05) is 12.0 Å². The topological polar surface area (TPSA) is 38.0 Å². The lowest BCUT2D eigenvalue weighted by Crippen LogP contribution is -2.29. The Balaban J connectivity index is 2.96. The molecule has 0 bridgehead atoms. The van der Waals surface area contributed by atoms with Crippen LogP contribution in [-0.4, -0.2) is 12.0 Å². The molecule has 1 unspecified atom stereocenters. The third-order valence-corrected chi connectivity index (χ3v) is 3.14. The van der Waals surface area contributed by atoms with Crippen LogP contribution in [-0.2, 0) is 0 Å². The highest BCUT2D eigenvalue weighted by molar-refractivity contribution is 7.98. The van der Waals surface area contributed by atoms with Crippen LogP contribution in [0.5, 0.6) is 0 Å². The van der Waals surface area contributed by atoms with E-state index in [2.05, 4.69) is 5.43 Å². The van der Waals surface area contributed by atoms with E-state index >= 15 is 0 Å². The Labute approximate surface area is 98.6 Å². The number of thioether (sulfide) groups is 1. The van der Waals surface area contributed by atoms with Gasteiger partial charge in [-0.15, -0.1) is 0 Å². The summed E-state index contributed by atoms with van der Waals surface area (Å²) in [4.78, 5) is 0. The minimum atomic E-state index is -0.802. The van der Waals surface area contributed by atoms with Crippen LogP contribution in [0.3, 0.4) is 0 Å². The summed E-state index contributed by atoms with van der Waals surface area (Å²) in [6, 6.07) is 2.80. The monoisotopic (exact) mass is 246 g/mol. The first-order chi connectivity index (χ1) is 7.61. The van der Waals surface area contributed by atoms with E-state index < -0.39 is 11.6 Å². The van der Waals surface area contributed by atoms with Crippen LogP contribution in [0.15, 0.2) is 12.1 Å². The maximum Gasteiger partial charge on any atom is 0.163 e. The number of hydrogen-bond donors (Lipinski definition) is 2. The standard InChI is InChI=1S/C11H16F2N2S/c1-7-3-4-8(11(13)10(7)12)9(15-14)5-6-16-2/h3-4,9,15H,5-6,14H2,1-2H3. The van der Waals surface area contributed by atoms with Gasteiger partial charge in [-0.25, -0.2) is 8.78 Å². The predicted molar refractivity (Wildman–Crippen MR) is 64.2 cm³/mol. The first-order valence-electron chi connectivity index (χ1n) is 5.01. The average Bonchev–Trinajstić information content (AvgIpc) is 2.29. The molecule has 0 aliphatic carbocycles. The Morgan fingerprint density at radius 2 is 2.06 bits per heavy atom. The molecule has 5 heteroatoms. The molecule has 0 aromatic heterocycles. The Bertz CT molecular complexity index is 358. The molecular formula is C11H16F2N2S. The zero-order valence-electron chi connectivity index (χ0n) is 9.39. The molecule has 0 heterocycles. The summed E-state index contributed by atoms with van der Waals surface area (Å²) < 4.78 is 27.0. The minimum absolute atomic E-state index is 0.291. The number of hydrazine groups is 1. The number of nitrogens with two attached hydrogens (primary N) is 1. The van der Waals surface area contributed by atoms with Crippen molar-refractivity contribution < 1.29 is 8.78 Å². The van der Waals surface area contributed by atoms with Gasteiger partial charge in [0.15, 0.2) is 11.6 Å². The lowest BCUT2D eigenvalue weighted by molar-refractivity contribution is 0.458. The molecule has 0 fully saturated rings. The largest absolute Gasteiger partial charge is 0.271 e. The molecule has 0 saturated heterocycles. The van der Waals surface area contributed by atoms with Crippen LogP contribution < -0.4 is 11.3 Å². The summed E-state index contributed by atoms with van der Waals surface area (Å²) in [6.07, 6.45) is 2.62. The number of aryl methyl sites for hydroxylation is 1. The fraction of sp³-hybridized carbons (Fsp3) is 0.455. The number of hydrogen-bond acceptors (Lipinski definition) is 3. The van der Waals surface area contributed by atoms with Crippen LogP contribution in [0.4, 0.5) is 8.78 Å². The van der Waals surface area contributed by atoms with Gasteiger partial charge in [-0.2, -0.15) is 11.8 Å². The number of benzene rings is 1. The Hall–Kier alpha value is -0.650. The van der Waals surface area contributed by atoms with Crippen LogP contribution in [0.2, 0.25) is 0 Å². The van der Waals surface area contributed by atoms with Gasteiger partial charge in [0.25, 0.3) is 0 Å². The first kappa shape index (κ1) is 13.4. The number of halogens is 2. The second-order valence-electron chi connectivity index (χ2n) is 3.60. The number of rotatable bonds is 5. The summed E-state index contributed by atoms with van der Waals surface area (Å²) in [5, 5.41) is 0. The normalized spacial score (nSPS) is 12.8. The molecule has 1 aromatic rings. The van der Waals surface area contributed by atoms with Crippen LogP contribution in [0.1, 0.15) is 23.6 Å². The van der Waals surface area contributed by atoms with E-state index in [1.165, 1.54) is 6.92 Å². The quantitative estimate of drug-likeness (QED) is 0.619. The molecule has 3 N–H and O–H groups in total. The second-order valence-corrected chi connectivity index (χ2v) is 4.59. The zero-order chi connectivity index (χ0) is 12.1. The Morgan fingerprint density at radius 3 is 2.62 bits per heavy atom. The van der Waals surface area contributed by atoms with E-state index in [1.54, 1.807) is 23.9 Å². The van der Waals surface area contributed by atoms with Gasteiger partial charge in [0, 0.05) is 11.6 Å². The van der Waals surface area contributed by atoms with Gasteiger partial charge in [0.05, 0.1) is 0 Å². The summed E-state index contributed by atoms with van der Waals surface area (Å²) in [7, 11) is 0. The highest BCUT2D eigenvalue weighted by atomic mass is 32.2. The Morgan fingerprint density at radius 1 is 1.38 bits per heavy atom. The van der Waals surface area contributed by atoms with Crippen molar-refractivity contribution in [1.29, 1.82) is 0 Å². The molecule has 1 aromatic carbocycles. The molecule has 90 valence electrons. The Kier molecular flexibility index (Phi) is 5.18. The molecule has 1 atom stereocenters. The van der Waals surface area contributed by atoms with Crippen molar-refractivity contribution in [3.05, 3.63) is 34.9 Å². The SMILES string of the molecule is CSCCC(NN)c1ccc(C)c(F)c1F. The second kappa shape index (κ2) is 6.18. The van der Waals surface area contributed by atoms with Crippen molar-refractivity contribution >= 4 is 11.8 Å². The van der Waals surface area contributed by atoms with Gasteiger partial charge in [-0.1, -0.05) is 12.1 Å². The molecule has 0 aliphatic rings. The lowest BCUT2D eigenvalue weighted by atomic mass is 10.0. The van der Waals surface area contributed by atoms with Crippen molar-refractivity contribution in [1.82, 2.24) is 5.43 Å². The number of nitrogens with one attached hydrogen (secondary N) is 1. The molecule has 1 rings (SSSR count). The van der Waals surface area contributed by atoms with Gasteiger partial charge in [-0.3, -0.25) is 11.3 Å². The highest BCUT2D eigenvalue weighted by Crippen LogP contribution is 2.24. The molecule has 0 radical (unpaired) electrons. The predicted octanol–water partition coefficient (Wildman–Crippen LogP) is 2.53. The molecule has 0 saturated carbocycles. The van der Waals surface area contributed by atoms with Crippen LogP contribution in [0.25, 0.3) is 0 Å². The molecule has 0 aliphatic heterocycles. The minimum Gasteiger partial charge on any atom is -0.271 e. The van der Waals surface area contributed by atoms with Gasteiger partial charge in [0.2, 0.25) is 0 Å². The lowest BCUT2D eigenvalue weighted by Gasteiger charge is -2.17. The average molecular weight is 246 g/mol. The fourth-order valence-electron chi connectivity index (χ4n) is 1.49. The van der Waals surface area contributed by atoms with E-state index in [9.17, 15) is 8.78 Å². The third-order valence-electron chi connectivity index (χ3n) is 2.49. The summed E-state index contributed by atoms with van der Waals surface area (Å²) in [5.41, 5.74) is 3.12. The van der Waals surface area contributed by atoms with E-state index in [-0.39, 0.29) is 6.04 Å². The summed E-state index contributed by atoms with van der Waals surface area (Å²) >= 11 is 1.64. The van der Waals surface area contributed by atoms with E-state index in [0.29, 0.717) is 17.5 Å². The first-order valence-corrected chi connectivity index (χ1v) is 6.40. The molecule has 0 amide bonds. The van der Waals surface area contributed by atoms with Crippen LogP contribution in [0, 0.1) is 18.6 Å². The van der Waals surface area contributed by atoms with Gasteiger partial charge < -0.3 is 0 Å². The van der Waals surface area contributed by atoms with Crippen molar-refractivity contribution in [3.63, 3.8) is 0 Å². The van der Waals surface area contributed by atoms with E-state index in [0.717, 1.165) is 5.75 Å². The van der Waals surface area contributed by atoms with E-state index in [4.69, 9.17) is 5.84 Å². The fourth-order valence-corrected chi connectivity index (χ4v) is 1.97. The summed E-state index contributed by atoms with van der Waals surface area (Å²) in [6.45, 7) is 1.54. The van der Waals surface area contributed by atoms with Crippen molar-refractivity contribution in [2.45, 2.75) is 19.4 Å². The van der Waals surface area contributed by atoms with Crippen LogP contribution >= 0.6 is 11.8 Å². The van der Waals surface area contributed by atoms with Gasteiger partial charge in [-0.05, 0) is 30.9 Å². The van der Waals surface area contributed by atoms with Gasteiger partial charge >= 0.3 is 0 Å². The molecular weight excluding hydrogens is 230 g/mol.